The summed E-state index contributed by atoms with van der Waals surface area (Å²) in [4.78, 5) is 38.7. The van der Waals surface area contributed by atoms with Gasteiger partial charge in [0.25, 0.3) is 11.8 Å². The highest BCUT2D eigenvalue weighted by atomic mass is 16.5. The van der Waals surface area contributed by atoms with E-state index in [0.717, 1.165) is 0 Å². The number of ether oxygens (including phenoxy) is 2. The van der Waals surface area contributed by atoms with Gasteiger partial charge < -0.3 is 26.3 Å². The van der Waals surface area contributed by atoms with E-state index in [2.05, 4.69) is 10.3 Å². The lowest BCUT2D eigenvalue weighted by molar-refractivity contribution is -0.125. The van der Waals surface area contributed by atoms with Crippen LogP contribution in [0.25, 0.3) is 0 Å². The lowest BCUT2D eigenvalue weighted by Crippen LogP contribution is -2.41. The van der Waals surface area contributed by atoms with Gasteiger partial charge in [-0.05, 0) is 25.0 Å². The van der Waals surface area contributed by atoms with Crippen LogP contribution >= 0.6 is 0 Å². The van der Waals surface area contributed by atoms with Crippen LogP contribution in [0.1, 0.15) is 23.2 Å². The van der Waals surface area contributed by atoms with Gasteiger partial charge in [-0.15, -0.1) is 0 Å². The van der Waals surface area contributed by atoms with Crippen molar-refractivity contribution in [3.63, 3.8) is 0 Å². The quantitative estimate of drug-likeness (QED) is 0.426. The minimum atomic E-state index is -0.985. The van der Waals surface area contributed by atoms with Crippen LogP contribution in [0.2, 0.25) is 0 Å². The molecular formula is C20H26N4O5. The molecule has 1 aromatic carbocycles. The zero-order chi connectivity index (χ0) is 21.1. The third-order valence-electron chi connectivity index (χ3n) is 4.49. The minimum Gasteiger partial charge on any atom is -0.379 e. The number of rotatable bonds is 12. The van der Waals surface area contributed by atoms with Crippen LogP contribution in [-0.4, -0.2) is 56.9 Å². The third-order valence-corrected chi connectivity index (χ3v) is 4.49. The van der Waals surface area contributed by atoms with Gasteiger partial charge in [-0.2, -0.15) is 0 Å². The molecule has 0 fully saturated rings. The third kappa shape index (κ3) is 6.81. The molecule has 1 aromatic rings. The second kappa shape index (κ2) is 11.1. The average Bonchev–Trinajstić information content (AvgIpc) is 2.73. The summed E-state index contributed by atoms with van der Waals surface area (Å²) in [7, 11) is 0. The lowest BCUT2D eigenvalue weighted by Gasteiger charge is -2.27. The molecule has 1 aliphatic heterocycles. The van der Waals surface area contributed by atoms with Gasteiger partial charge in [0.2, 0.25) is 5.91 Å². The Bertz CT molecular complexity index is 778. The number of amides is 3. The first-order chi connectivity index (χ1) is 13.9. The number of primary amides is 2. The largest absolute Gasteiger partial charge is 0.379 e. The maximum absolute atomic E-state index is 11.8. The van der Waals surface area contributed by atoms with Crippen molar-refractivity contribution in [1.82, 2.24) is 5.32 Å². The SMILES string of the molecule is NC(=O)C1=CCC(CCOCCOCCNC(=O)c2ccccc2)(C(N)=O)C=N1. The van der Waals surface area contributed by atoms with Gasteiger partial charge in [0, 0.05) is 24.9 Å². The highest BCUT2D eigenvalue weighted by Crippen LogP contribution is 2.29. The highest BCUT2D eigenvalue weighted by Gasteiger charge is 2.36. The molecule has 0 saturated heterocycles. The molecule has 29 heavy (non-hydrogen) atoms. The van der Waals surface area contributed by atoms with E-state index < -0.39 is 17.2 Å². The summed E-state index contributed by atoms with van der Waals surface area (Å²) in [5.41, 5.74) is 10.4. The smallest absolute Gasteiger partial charge is 0.266 e. The summed E-state index contributed by atoms with van der Waals surface area (Å²) in [6.45, 7) is 1.72. The summed E-state index contributed by atoms with van der Waals surface area (Å²) < 4.78 is 10.9. The standard InChI is InChI=1S/C20H26N4O5/c21-17(25)16-6-7-20(14-24-16,19(22)27)8-10-28-12-13-29-11-9-23-18(26)15-4-2-1-3-5-15/h1-6,14H,7-13H2,(H2,21,25)(H2,22,27)(H,23,26). The molecule has 0 aliphatic carbocycles. The van der Waals surface area contributed by atoms with E-state index in [1.54, 1.807) is 24.3 Å². The molecule has 9 nitrogen and oxygen atoms in total. The number of carbonyl (C=O) groups excluding carboxylic acids is 3. The molecular weight excluding hydrogens is 376 g/mol. The van der Waals surface area contributed by atoms with Gasteiger partial charge in [-0.25, -0.2) is 0 Å². The molecule has 0 bridgehead atoms. The van der Waals surface area contributed by atoms with Crippen molar-refractivity contribution in [3.8, 4) is 0 Å². The first kappa shape index (κ1) is 22.3. The monoisotopic (exact) mass is 402 g/mol. The molecule has 2 rings (SSSR count). The predicted octanol–water partition coefficient (Wildman–Crippen LogP) is 0.155. The van der Waals surface area contributed by atoms with E-state index in [-0.39, 0.29) is 24.6 Å². The Balaban J connectivity index is 1.57. The molecule has 0 radical (unpaired) electrons. The van der Waals surface area contributed by atoms with E-state index in [1.165, 1.54) is 12.3 Å². The Morgan fingerprint density at radius 2 is 1.72 bits per heavy atom. The Kier molecular flexibility index (Phi) is 8.50. The van der Waals surface area contributed by atoms with Crippen molar-refractivity contribution >= 4 is 23.9 Å². The zero-order valence-electron chi connectivity index (χ0n) is 16.1. The molecule has 1 atom stereocenters. The first-order valence-electron chi connectivity index (χ1n) is 9.28. The molecule has 0 spiro atoms. The molecule has 3 amide bonds. The predicted molar refractivity (Wildman–Crippen MR) is 107 cm³/mol. The minimum absolute atomic E-state index is 0.121. The number of allylic oxidation sites excluding steroid dienone is 1. The molecule has 0 saturated carbocycles. The van der Waals surface area contributed by atoms with E-state index in [0.29, 0.717) is 38.3 Å². The van der Waals surface area contributed by atoms with Crippen molar-refractivity contribution in [2.75, 3.05) is 33.0 Å². The van der Waals surface area contributed by atoms with Crippen LogP contribution in [0, 0.1) is 5.41 Å². The Labute approximate surface area is 169 Å². The Morgan fingerprint density at radius 1 is 1.03 bits per heavy atom. The zero-order valence-corrected chi connectivity index (χ0v) is 16.1. The number of hydrogen-bond acceptors (Lipinski definition) is 6. The van der Waals surface area contributed by atoms with Gasteiger partial charge in [0.15, 0.2) is 0 Å². The molecule has 1 unspecified atom stereocenters. The normalized spacial score (nSPS) is 18.1. The molecule has 1 aliphatic rings. The summed E-state index contributed by atoms with van der Waals surface area (Å²) in [5, 5.41) is 2.76. The second-order valence-electron chi connectivity index (χ2n) is 6.53. The number of benzene rings is 1. The van der Waals surface area contributed by atoms with Crippen molar-refractivity contribution in [3.05, 3.63) is 47.7 Å². The lowest BCUT2D eigenvalue weighted by atomic mass is 9.80. The van der Waals surface area contributed by atoms with Gasteiger partial charge in [0.1, 0.15) is 5.70 Å². The van der Waals surface area contributed by atoms with Crippen LogP contribution in [0.5, 0.6) is 0 Å². The maximum atomic E-state index is 11.8. The van der Waals surface area contributed by atoms with Gasteiger partial charge >= 0.3 is 0 Å². The van der Waals surface area contributed by atoms with E-state index in [4.69, 9.17) is 20.9 Å². The van der Waals surface area contributed by atoms with Gasteiger partial charge in [0.05, 0.1) is 25.2 Å². The molecule has 0 aromatic heterocycles. The molecule has 9 heteroatoms. The van der Waals surface area contributed by atoms with E-state index in [9.17, 15) is 14.4 Å². The summed E-state index contributed by atoms with van der Waals surface area (Å²) >= 11 is 0. The number of nitrogens with one attached hydrogen (secondary N) is 1. The fourth-order valence-electron chi connectivity index (χ4n) is 2.70. The topological polar surface area (TPSA) is 146 Å². The van der Waals surface area contributed by atoms with E-state index in [1.807, 2.05) is 6.07 Å². The van der Waals surface area contributed by atoms with Crippen LogP contribution in [0.15, 0.2) is 47.1 Å². The van der Waals surface area contributed by atoms with Crippen molar-refractivity contribution in [2.45, 2.75) is 12.8 Å². The first-order valence-corrected chi connectivity index (χ1v) is 9.28. The summed E-state index contributed by atoms with van der Waals surface area (Å²) in [6, 6.07) is 8.94. The fourth-order valence-corrected chi connectivity index (χ4v) is 2.70. The second-order valence-corrected chi connectivity index (χ2v) is 6.53. The molecule has 5 N–H and O–H groups in total. The van der Waals surface area contributed by atoms with E-state index >= 15 is 0 Å². The number of nitrogens with two attached hydrogens (primary N) is 2. The van der Waals surface area contributed by atoms with Gasteiger partial charge in [-0.1, -0.05) is 24.3 Å². The highest BCUT2D eigenvalue weighted by molar-refractivity contribution is 6.02. The number of aliphatic imine (C=N–C) groups is 1. The molecule has 1 heterocycles. The van der Waals surface area contributed by atoms with Crippen LogP contribution in [-0.2, 0) is 19.1 Å². The van der Waals surface area contributed by atoms with Crippen LogP contribution < -0.4 is 16.8 Å². The maximum Gasteiger partial charge on any atom is 0.266 e. The average molecular weight is 402 g/mol. The fraction of sp³-hybridized carbons (Fsp3) is 0.400. The van der Waals surface area contributed by atoms with Crippen molar-refractivity contribution in [1.29, 1.82) is 0 Å². The number of carbonyl (C=O) groups is 3. The van der Waals surface area contributed by atoms with Crippen molar-refractivity contribution < 1.29 is 23.9 Å². The van der Waals surface area contributed by atoms with Crippen LogP contribution in [0.4, 0.5) is 0 Å². The molecule has 156 valence electrons. The summed E-state index contributed by atoms with van der Waals surface area (Å²) in [5.74, 6) is -1.33. The Hall–Kier alpha value is -3.04. The van der Waals surface area contributed by atoms with Gasteiger partial charge in [-0.3, -0.25) is 19.4 Å². The summed E-state index contributed by atoms with van der Waals surface area (Å²) in [6.07, 6.45) is 3.48. The number of hydrogen-bond donors (Lipinski definition) is 3. The van der Waals surface area contributed by atoms with Crippen molar-refractivity contribution in [2.24, 2.45) is 21.9 Å². The number of nitrogens with zero attached hydrogens (tertiary/aromatic N) is 1. The Morgan fingerprint density at radius 3 is 2.31 bits per heavy atom. The van der Waals surface area contributed by atoms with Crippen LogP contribution in [0.3, 0.4) is 0 Å².